The van der Waals surface area contributed by atoms with Crippen LogP contribution in [0.2, 0.25) is 0 Å². The summed E-state index contributed by atoms with van der Waals surface area (Å²) in [6, 6.07) is 17.6. The zero-order valence-electron chi connectivity index (χ0n) is 19.7. The Kier molecular flexibility index (Phi) is 7.60. The quantitative estimate of drug-likeness (QED) is 0.390. The topological polar surface area (TPSA) is 74.3 Å². The maximum atomic E-state index is 13.6. The van der Waals surface area contributed by atoms with Gasteiger partial charge in [-0.15, -0.1) is 0 Å². The number of amides is 1. The summed E-state index contributed by atoms with van der Waals surface area (Å²) in [7, 11) is 4.53. The Bertz CT molecular complexity index is 1230. The highest BCUT2D eigenvalue weighted by Gasteiger charge is 2.34. The molecular weight excluding hydrogens is 514 g/mol. The van der Waals surface area contributed by atoms with E-state index in [9.17, 15) is 9.59 Å². The van der Waals surface area contributed by atoms with Crippen LogP contribution in [0.15, 0.2) is 65.1 Å². The van der Waals surface area contributed by atoms with Gasteiger partial charge >= 0.3 is 5.97 Å². The Morgan fingerprint density at radius 2 is 1.66 bits per heavy atom. The van der Waals surface area contributed by atoms with Crippen molar-refractivity contribution in [1.82, 2.24) is 4.90 Å². The molecule has 0 bridgehead atoms. The van der Waals surface area contributed by atoms with Crippen LogP contribution in [-0.2, 0) is 11.2 Å². The second-order valence-electron chi connectivity index (χ2n) is 7.98. The molecule has 1 atom stereocenters. The molecule has 1 aliphatic rings. The predicted octanol–water partition coefficient (Wildman–Crippen LogP) is 5.07. The Balaban J connectivity index is 1.67. The number of benzene rings is 3. The van der Waals surface area contributed by atoms with Crippen molar-refractivity contribution in [3.05, 3.63) is 87.4 Å². The fourth-order valence-corrected chi connectivity index (χ4v) is 4.67. The highest BCUT2D eigenvalue weighted by Crippen LogP contribution is 2.39. The van der Waals surface area contributed by atoms with Crippen LogP contribution >= 0.6 is 15.9 Å². The van der Waals surface area contributed by atoms with E-state index in [0.717, 1.165) is 15.6 Å². The number of nitrogens with zero attached hydrogens (tertiary/aromatic N) is 1. The van der Waals surface area contributed by atoms with Gasteiger partial charge in [0.25, 0.3) is 5.91 Å². The number of halogens is 1. The smallest absolute Gasteiger partial charge is 0.337 e. The number of esters is 1. The highest BCUT2D eigenvalue weighted by molar-refractivity contribution is 9.10. The van der Waals surface area contributed by atoms with Crippen LogP contribution in [0, 0.1) is 0 Å². The molecule has 4 rings (SSSR count). The number of fused-ring (bicyclic) bond motifs is 1. The molecule has 0 radical (unpaired) electrons. The molecule has 1 amide bonds. The molecule has 35 heavy (non-hydrogen) atoms. The van der Waals surface area contributed by atoms with Crippen molar-refractivity contribution >= 4 is 27.8 Å². The molecule has 3 aromatic carbocycles. The van der Waals surface area contributed by atoms with Gasteiger partial charge in [0.05, 0.1) is 38.5 Å². The summed E-state index contributed by atoms with van der Waals surface area (Å²) in [5, 5.41) is 0. The number of hydrogen-bond acceptors (Lipinski definition) is 6. The van der Waals surface area contributed by atoms with Gasteiger partial charge in [0, 0.05) is 11.0 Å². The lowest BCUT2D eigenvalue weighted by Crippen LogP contribution is -2.42. The van der Waals surface area contributed by atoms with Gasteiger partial charge in [-0.25, -0.2) is 4.79 Å². The molecule has 1 heterocycles. The number of ether oxygens (including phenoxy) is 4. The molecule has 0 fully saturated rings. The minimum Gasteiger partial charge on any atom is -0.493 e. The maximum absolute atomic E-state index is 13.6. The van der Waals surface area contributed by atoms with Crippen molar-refractivity contribution in [3.63, 3.8) is 0 Å². The number of hydrogen-bond donors (Lipinski definition) is 0. The van der Waals surface area contributed by atoms with Gasteiger partial charge in [0.2, 0.25) is 0 Å². The molecule has 3 aromatic rings. The first-order chi connectivity index (χ1) is 17.0. The molecule has 7 nitrogen and oxygen atoms in total. The summed E-state index contributed by atoms with van der Waals surface area (Å²) in [6.07, 6.45) is 0.677. The third-order valence-corrected chi connectivity index (χ3v) is 6.74. The van der Waals surface area contributed by atoms with E-state index in [1.165, 1.54) is 7.11 Å². The molecular formula is C27H26BrNO6. The summed E-state index contributed by atoms with van der Waals surface area (Å²) in [4.78, 5) is 27.2. The van der Waals surface area contributed by atoms with E-state index >= 15 is 0 Å². The fourth-order valence-electron chi connectivity index (χ4n) is 4.22. The van der Waals surface area contributed by atoms with E-state index in [4.69, 9.17) is 18.9 Å². The molecule has 0 unspecified atom stereocenters. The van der Waals surface area contributed by atoms with Gasteiger partial charge in [-0.3, -0.25) is 4.79 Å². The number of methoxy groups -OCH3 is 3. The minimum atomic E-state index is -0.413. The molecule has 1 aliphatic heterocycles. The lowest BCUT2D eigenvalue weighted by molar-refractivity contribution is 0.0582. The van der Waals surface area contributed by atoms with Gasteiger partial charge in [-0.05, 0) is 82.0 Å². The normalized spacial score (nSPS) is 14.6. The van der Waals surface area contributed by atoms with Crippen molar-refractivity contribution in [1.29, 1.82) is 0 Å². The minimum absolute atomic E-state index is 0.0902. The second-order valence-corrected chi connectivity index (χ2v) is 8.83. The van der Waals surface area contributed by atoms with E-state index < -0.39 is 5.97 Å². The summed E-state index contributed by atoms with van der Waals surface area (Å²) in [5.41, 5.74) is 3.04. The molecule has 8 heteroatoms. The van der Waals surface area contributed by atoms with E-state index in [1.54, 1.807) is 44.6 Å². The van der Waals surface area contributed by atoms with Crippen LogP contribution in [0.25, 0.3) is 0 Å². The van der Waals surface area contributed by atoms with Crippen molar-refractivity contribution in [2.45, 2.75) is 12.5 Å². The summed E-state index contributed by atoms with van der Waals surface area (Å²) in [6.45, 7) is 0.744. The van der Waals surface area contributed by atoms with Gasteiger partial charge in [0.15, 0.2) is 11.5 Å². The van der Waals surface area contributed by atoms with Gasteiger partial charge in [-0.1, -0.05) is 12.1 Å². The molecule has 0 spiro atoms. The van der Waals surface area contributed by atoms with Crippen LogP contribution in [-0.4, -0.2) is 51.3 Å². The Morgan fingerprint density at radius 1 is 0.971 bits per heavy atom. The van der Waals surface area contributed by atoms with E-state index in [2.05, 4.69) is 15.9 Å². The zero-order chi connectivity index (χ0) is 24.9. The molecule has 0 aromatic heterocycles. The Hall–Kier alpha value is -3.52. The number of carbonyl (C=O) groups excluding carboxylic acids is 2. The SMILES string of the molecule is COC(=O)c1ccc(OC[C@@H]2c3cc(OC)c(OC)cc3CCN2C(=O)c2ccccc2Br)cc1. The highest BCUT2D eigenvalue weighted by atomic mass is 79.9. The first-order valence-electron chi connectivity index (χ1n) is 11.1. The lowest BCUT2D eigenvalue weighted by Gasteiger charge is -2.38. The van der Waals surface area contributed by atoms with Crippen LogP contribution in [0.4, 0.5) is 0 Å². The first-order valence-corrected chi connectivity index (χ1v) is 11.9. The largest absolute Gasteiger partial charge is 0.493 e. The van der Waals surface area contributed by atoms with Crippen LogP contribution < -0.4 is 14.2 Å². The fraction of sp³-hybridized carbons (Fsp3) is 0.259. The predicted molar refractivity (Wildman–Crippen MR) is 134 cm³/mol. The Labute approximate surface area is 212 Å². The maximum Gasteiger partial charge on any atom is 0.337 e. The van der Waals surface area contributed by atoms with Gasteiger partial charge in [-0.2, -0.15) is 0 Å². The molecule has 182 valence electrons. The monoisotopic (exact) mass is 539 g/mol. The van der Waals surface area contributed by atoms with Gasteiger partial charge in [0.1, 0.15) is 12.4 Å². The van der Waals surface area contributed by atoms with Crippen molar-refractivity contribution in [3.8, 4) is 17.2 Å². The molecule has 0 aliphatic carbocycles. The van der Waals surface area contributed by atoms with Crippen LogP contribution in [0.1, 0.15) is 37.9 Å². The van der Waals surface area contributed by atoms with Crippen LogP contribution in [0.5, 0.6) is 17.2 Å². The van der Waals surface area contributed by atoms with Crippen molar-refractivity contribution in [2.75, 3.05) is 34.5 Å². The molecule has 0 N–H and O–H groups in total. The average molecular weight is 540 g/mol. The van der Waals surface area contributed by atoms with Crippen molar-refractivity contribution in [2.24, 2.45) is 0 Å². The van der Waals surface area contributed by atoms with E-state index in [-0.39, 0.29) is 18.6 Å². The number of rotatable bonds is 7. The number of carbonyl (C=O) groups is 2. The van der Waals surface area contributed by atoms with E-state index in [0.29, 0.717) is 41.3 Å². The zero-order valence-corrected chi connectivity index (χ0v) is 21.3. The van der Waals surface area contributed by atoms with E-state index in [1.807, 2.05) is 35.2 Å². The van der Waals surface area contributed by atoms with Crippen molar-refractivity contribution < 1.29 is 28.5 Å². The molecule has 0 saturated carbocycles. The lowest BCUT2D eigenvalue weighted by atomic mass is 9.91. The first kappa shape index (κ1) is 24.6. The summed E-state index contributed by atoms with van der Waals surface area (Å²) >= 11 is 3.50. The molecule has 0 saturated heterocycles. The third kappa shape index (κ3) is 5.12. The Morgan fingerprint density at radius 3 is 2.31 bits per heavy atom. The standard InChI is InChI=1S/C27H26BrNO6/c1-32-24-14-18-12-13-29(26(30)20-6-4-5-7-22(20)28)23(21(18)15-25(24)33-2)16-35-19-10-8-17(9-11-19)27(31)34-3/h4-11,14-15,23H,12-13,16H2,1-3H3/t23-/m1/s1. The summed E-state index contributed by atoms with van der Waals surface area (Å²) < 4.78 is 22.6. The van der Waals surface area contributed by atoms with Crippen LogP contribution in [0.3, 0.4) is 0 Å². The third-order valence-electron chi connectivity index (χ3n) is 6.05. The average Bonchev–Trinajstić information content (AvgIpc) is 2.90. The summed E-state index contributed by atoms with van der Waals surface area (Å²) in [5.74, 6) is 1.32. The second kappa shape index (κ2) is 10.8. The van der Waals surface area contributed by atoms with Gasteiger partial charge < -0.3 is 23.8 Å².